The van der Waals surface area contributed by atoms with E-state index in [-0.39, 0.29) is 11.1 Å². The molecule has 0 aliphatic heterocycles. The van der Waals surface area contributed by atoms with Crippen LogP contribution in [-0.4, -0.2) is 11.8 Å². The van der Waals surface area contributed by atoms with Gasteiger partial charge in [-0.05, 0) is 42.0 Å². The lowest BCUT2D eigenvalue weighted by atomic mass is 10.1. The molecule has 0 aromatic heterocycles. The molecule has 0 saturated heterocycles. The van der Waals surface area contributed by atoms with E-state index >= 15 is 0 Å². The summed E-state index contributed by atoms with van der Waals surface area (Å²) in [5.74, 6) is -2.79. The summed E-state index contributed by atoms with van der Waals surface area (Å²) in [4.78, 5) is 25.0. The predicted molar refractivity (Wildman–Crippen MR) is 105 cm³/mol. The van der Waals surface area contributed by atoms with Crippen molar-refractivity contribution in [3.05, 3.63) is 106 Å². The van der Waals surface area contributed by atoms with Crippen LogP contribution >= 0.6 is 15.9 Å². The van der Waals surface area contributed by atoms with Gasteiger partial charge in [0.1, 0.15) is 17.8 Å². The minimum atomic E-state index is -0.993. The third-order valence-corrected chi connectivity index (χ3v) is 4.52. The Labute approximate surface area is 168 Å². The van der Waals surface area contributed by atoms with Crippen LogP contribution in [0, 0.1) is 11.6 Å². The van der Waals surface area contributed by atoms with Crippen LogP contribution in [0.3, 0.4) is 0 Å². The van der Waals surface area contributed by atoms with E-state index in [9.17, 15) is 18.4 Å². The second-order valence-corrected chi connectivity index (χ2v) is 6.81. The van der Waals surface area contributed by atoms with Gasteiger partial charge in [0.2, 0.25) is 0 Å². The highest BCUT2D eigenvalue weighted by molar-refractivity contribution is 9.10. The summed E-state index contributed by atoms with van der Waals surface area (Å²) in [5, 5.41) is 5.16. The number of rotatable bonds is 5. The number of hydrogen-bond donors (Lipinski definition) is 2. The number of carbonyl (C=O) groups is 2. The third kappa shape index (κ3) is 4.61. The van der Waals surface area contributed by atoms with Crippen molar-refractivity contribution in [3.63, 3.8) is 0 Å². The molecule has 2 amide bonds. The number of amides is 2. The van der Waals surface area contributed by atoms with Gasteiger partial charge in [0.25, 0.3) is 11.8 Å². The SMILES string of the molecule is O=C(NC(NC(=O)c1ccccc1F)c1ccc(Br)cc1)c1ccccc1F. The molecule has 28 heavy (non-hydrogen) atoms. The summed E-state index contributed by atoms with van der Waals surface area (Å²) < 4.78 is 28.6. The van der Waals surface area contributed by atoms with E-state index < -0.39 is 29.6 Å². The molecule has 0 aliphatic rings. The summed E-state index contributed by atoms with van der Waals surface area (Å²) in [6.07, 6.45) is -0.993. The Morgan fingerprint density at radius 3 is 1.57 bits per heavy atom. The molecule has 0 saturated carbocycles. The molecular formula is C21H15BrF2N2O2. The van der Waals surface area contributed by atoms with E-state index in [0.717, 1.165) is 4.47 Å². The Kier molecular flexibility index (Phi) is 6.16. The van der Waals surface area contributed by atoms with Gasteiger partial charge in [-0.3, -0.25) is 9.59 Å². The maximum Gasteiger partial charge on any atom is 0.256 e. The van der Waals surface area contributed by atoms with Crippen LogP contribution in [0.15, 0.2) is 77.3 Å². The van der Waals surface area contributed by atoms with Crippen molar-refractivity contribution in [1.29, 1.82) is 0 Å². The van der Waals surface area contributed by atoms with Gasteiger partial charge in [-0.25, -0.2) is 8.78 Å². The lowest BCUT2D eigenvalue weighted by molar-refractivity contribution is 0.0879. The van der Waals surface area contributed by atoms with Crippen LogP contribution < -0.4 is 10.6 Å². The number of nitrogens with one attached hydrogen (secondary N) is 2. The number of carbonyl (C=O) groups excluding carboxylic acids is 2. The Hall–Kier alpha value is -3.06. The van der Waals surface area contributed by atoms with Gasteiger partial charge in [0, 0.05) is 4.47 Å². The summed E-state index contributed by atoms with van der Waals surface area (Å²) in [6.45, 7) is 0. The largest absolute Gasteiger partial charge is 0.328 e. The molecule has 0 atom stereocenters. The molecule has 0 spiro atoms. The zero-order chi connectivity index (χ0) is 20.1. The molecule has 142 valence electrons. The van der Waals surface area contributed by atoms with Gasteiger partial charge in [-0.15, -0.1) is 0 Å². The number of hydrogen-bond acceptors (Lipinski definition) is 2. The van der Waals surface area contributed by atoms with Crippen LogP contribution in [-0.2, 0) is 0 Å². The van der Waals surface area contributed by atoms with Crippen molar-refractivity contribution in [2.24, 2.45) is 0 Å². The quantitative estimate of drug-likeness (QED) is 0.565. The molecule has 0 bridgehead atoms. The van der Waals surface area contributed by atoms with Crippen LogP contribution in [0.25, 0.3) is 0 Å². The topological polar surface area (TPSA) is 58.2 Å². The molecular weight excluding hydrogens is 430 g/mol. The first kappa shape index (κ1) is 19.7. The molecule has 7 heteroatoms. The van der Waals surface area contributed by atoms with Crippen molar-refractivity contribution in [3.8, 4) is 0 Å². The van der Waals surface area contributed by atoms with E-state index in [1.54, 1.807) is 24.3 Å². The Morgan fingerprint density at radius 1 is 0.714 bits per heavy atom. The van der Waals surface area contributed by atoms with E-state index in [4.69, 9.17) is 0 Å². The van der Waals surface area contributed by atoms with Gasteiger partial charge in [-0.2, -0.15) is 0 Å². The van der Waals surface area contributed by atoms with Gasteiger partial charge in [0.15, 0.2) is 0 Å². The second-order valence-electron chi connectivity index (χ2n) is 5.89. The lowest BCUT2D eigenvalue weighted by Crippen LogP contribution is -2.41. The molecule has 3 aromatic rings. The Morgan fingerprint density at radius 2 is 1.14 bits per heavy atom. The highest BCUT2D eigenvalue weighted by Gasteiger charge is 2.21. The summed E-state index contributed by atoms with van der Waals surface area (Å²) in [6, 6.07) is 17.8. The summed E-state index contributed by atoms with van der Waals surface area (Å²) >= 11 is 3.31. The average Bonchev–Trinajstić information content (AvgIpc) is 2.68. The Balaban J connectivity index is 1.88. The summed E-state index contributed by atoms with van der Waals surface area (Å²) in [5.41, 5.74) is 0.215. The first-order valence-corrected chi connectivity index (χ1v) is 9.11. The van der Waals surface area contributed by atoms with E-state index in [1.807, 2.05) is 0 Å². The fraction of sp³-hybridized carbons (Fsp3) is 0.0476. The van der Waals surface area contributed by atoms with E-state index in [0.29, 0.717) is 5.56 Å². The molecule has 0 heterocycles. The molecule has 0 fully saturated rings. The fourth-order valence-corrected chi connectivity index (χ4v) is 2.83. The molecule has 3 rings (SSSR count). The molecule has 0 unspecified atom stereocenters. The zero-order valence-corrected chi connectivity index (χ0v) is 16.0. The molecule has 2 N–H and O–H groups in total. The van der Waals surface area contributed by atoms with Crippen LogP contribution in [0.1, 0.15) is 32.4 Å². The Bertz CT molecular complexity index is 950. The van der Waals surface area contributed by atoms with E-state index in [2.05, 4.69) is 26.6 Å². The molecule has 0 radical (unpaired) electrons. The minimum Gasteiger partial charge on any atom is -0.328 e. The van der Waals surface area contributed by atoms with E-state index in [1.165, 1.54) is 48.5 Å². The normalized spacial score (nSPS) is 10.6. The second kappa shape index (κ2) is 8.75. The number of halogens is 3. The van der Waals surface area contributed by atoms with Crippen molar-refractivity contribution in [1.82, 2.24) is 10.6 Å². The third-order valence-electron chi connectivity index (χ3n) is 3.99. The fourth-order valence-electron chi connectivity index (χ4n) is 2.57. The van der Waals surface area contributed by atoms with Crippen LogP contribution in [0.2, 0.25) is 0 Å². The first-order chi connectivity index (χ1) is 13.5. The average molecular weight is 445 g/mol. The van der Waals surface area contributed by atoms with Gasteiger partial charge >= 0.3 is 0 Å². The predicted octanol–water partition coefficient (Wildman–Crippen LogP) is 4.59. The van der Waals surface area contributed by atoms with Crippen LogP contribution in [0.5, 0.6) is 0 Å². The lowest BCUT2D eigenvalue weighted by Gasteiger charge is -2.21. The van der Waals surface area contributed by atoms with Crippen LogP contribution in [0.4, 0.5) is 8.78 Å². The molecule has 0 aliphatic carbocycles. The maximum absolute atomic E-state index is 13.9. The highest BCUT2D eigenvalue weighted by Crippen LogP contribution is 2.18. The first-order valence-electron chi connectivity index (χ1n) is 8.32. The maximum atomic E-state index is 13.9. The van der Waals surface area contributed by atoms with Crippen molar-refractivity contribution < 1.29 is 18.4 Å². The molecule has 4 nitrogen and oxygen atoms in total. The highest BCUT2D eigenvalue weighted by atomic mass is 79.9. The van der Waals surface area contributed by atoms with Crippen molar-refractivity contribution in [2.45, 2.75) is 6.17 Å². The standard InChI is InChI=1S/C21H15BrF2N2O2/c22-14-11-9-13(10-12-14)19(25-20(27)15-5-1-3-7-17(15)23)26-21(28)16-6-2-4-8-18(16)24/h1-12,19H,(H,25,27)(H,26,28). The van der Waals surface area contributed by atoms with Gasteiger partial charge in [0.05, 0.1) is 11.1 Å². The van der Waals surface area contributed by atoms with Gasteiger partial charge < -0.3 is 10.6 Å². The van der Waals surface area contributed by atoms with Gasteiger partial charge in [-0.1, -0.05) is 52.3 Å². The smallest absolute Gasteiger partial charge is 0.256 e. The molecule has 3 aromatic carbocycles. The number of benzene rings is 3. The van der Waals surface area contributed by atoms with Crippen molar-refractivity contribution >= 4 is 27.7 Å². The minimum absolute atomic E-state index is 0.162. The monoisotopic (exact) mass is 444 g/mol. The summed E-state index contributed by atoms with van der Waals surface area (Å²) in [7, 11) is 0. The van der Waals surface area contributed by atoms with Crippen molar-refractivity contribution in [2.75, 3.05) is 0 Å². The zero-order valence-electron chi connectivity index (χ0n) is 14.5.